The Hall–Kier alpha value is -1.15. The van der Waals surface area contributed by atoms with Crippen LogP contribution in [-0.4, -0.2) is 13.4 Å². The van der Waals surface area contributed by atoms with Crippen LogP contribution in [0.4, 0.5) is 0 Å². The number of hydrogen-bond donors (Lipinski definition) is 0. The highest BCUT2D eigenvalue weighted by molar-refractivity contribution is 5.59. The first-order valence-electron chi connectivity index (χ1n) is 3.82. The van der Waals surface area contributed by atoms with E-state index in [0.717, 1.165) is 11.8 Å². The number of methoxy groups -OCH3 is 1. The second-order valence-electron chi connectivity index (χ2n) is 2.70. The zero-order valence-corrected chi connectivity index (χ0v) is 7.28. The molecule has 2 nitrogen and oxygen atoms in total. The van der Waals surface area contributed by atoms with E-state index in [2.05, 4.69) is 0 Å². The highest BCUT2D eigenvalue weighted by Gasteiger charge is 2.06. The maximum absolute atomic E-state index is 10.5. The van der Waals surface area contributed by atoms with E-state index in [9.17, 15) is 4.79 Å². The molecular weight excluding hydrogens is 152 g/mol. The monoisotopic (exact) mass is 164 g/mol. The van der Waals surface area contributed by atoms with E-state index in [4.69, 9.17) is 4.74 Å². The minimum atomic E-state index is -0.425. The van der Waals surface area contributed by atoms with Gasteiger partial charge in [0.2, 0.25) is 0 Å². The van der Waals surface area contributed by atoms with Crippen LogP contribution in [0.3, 0.4) is 0 Å². The summed E-state index contributed by atoms with van der Waals surface area (Å²) in [6.07, 6.45) is 0.371. The molecule has 1 rings (SSSR count). The predicted molar refractivity (Wildman–Crippen MR) is 47.0 cm³/mol. The van der Waals surface area contributed by atoms with Gasteiger partial charge in [0, 0.05) is 7.11 Å². The van der Waals surface area contributed by atoms with Crippen molar-refractivity contribution in [1.29, 1.82) is 0 Å². The third kappa shape index (κ3) is 1.92. The summed E-state index contributed by atoms with van der Waals surface area (Å²) in [5.41, 5.74) is 2.08. The Morgan fingerprint density at radius 2 is 1.92 bits per heavy atom. The number of rotatable bonds is 3. The van der Waals surface area contributed by atoms with E-state index in [1.807, 2.05) is 31.2 Å². The van der Waals surface area contributed by atoms with E-state index in [0.29, 0.717) is 0 Å². The SMILES string of the molecule is COC(C=O)c1ccc(C)cc1. The van der Waals surface area contributed by atoms with Gasteiger partial charge >= 0.3 is 0 Å². The van der Waals surface area contributed by atoms with E-state index in [1.165, 1.54) is 12.7 Å². The minimum Gasteiger partial charge on any atom is -0.369 e. The van der Waals surface area contributed by atoms with Gasteiger partial charge in [0.1, 0.15) is 6.10 Å². The van der Waals surface area contributed by atoms with Gasteiger partial charge in [0.25, 0.3) is 0 Å². The van der Waals surface area contributed by atoms with Crippen LogP contribution in [0.2, 0.25) is 0 Å². The average molecular weight is 164 g/mol. The number of hydrogen-bond acceptors (Lipinski definition) is 2. The number of ether oxygens (including phenoxy) is 1. The van der Waals surface area contributed by atoms with Crippen LogP contribution in [-0.2, 0) is 9.53 Å². The maximum atomic E-state index is 10.5. The Morgan fingerprint density at radius 3 is 2.33 bits per heavy atom. The Labute approximate surface area is 72.2 Å². The summed E-state index contributed by atoms with van der Waals surface area (Å²) in [6.45, 7) is 2.01. The number of benzene rings is 1. The lowest BCUT2D eigenvalue weighted by atomic mass is 10.1. The molecule has 12 heavy (non-hydrogen) atoms. The first kappa shape index (κ1) is 8.94. The van der Waals surface area contributed by atoms with Crippen molar-refractivity contribution in [2.24, 2.45) is 0 Å². The number of aryl methyl sites for hydroxylation is 1. The second kappa shape index (κ2) is 4.02. The summed E-state index contributed by atoms with van der Waals surface area (Å²) in [6, 6.07) is 7.73. The Bertz CT molecular complexity index is 251. The van der Waals surface area contributed by atoms with Crippen LogP contribution in [0.5, 0.6) is 0 Å². The van der Waals surface area contributed by atoms with Crippen molar-refractivity contribution in [3.8, 4) is 0 Å². The van der Waals surface area contributed by atoms with Gasteiger partial charge in [0.15, 0.2) is 6.29 Å². The van der Waals surface area contributed by atoms with Gasteiger partial charge in [-0.15, -0.1) is 0 Å². The quantitative estimate of drug-likeness (QED) is 0.637. The van der Waals surface area contributed by atoms with Crippen LogP contribution in [0.25, 0.3) is 0 Å². The van der Waals surface area contributed by atoms with Crippen LogP contribution in [0, 0.1) is 6.92 Å². The molecule has 0 aliphatic rings. The minimum absolute atomic E-state index is 0.425. The molecule has 0 saturated heterocycles. The number of carbonyl (C=O) groups excluding carboxylic acids is 1. The molecule has 1 aromatic rings. The molecule has 64 valence electrons. The Balaban J connectivity index is 2.87. The van der Waals surface area contributed by atoms with Crippen molar-refractivity contribution in [3.63, 3.8) is 0 Å². The van der Waals surface area contributed by atoms with Gasteiger partial charge in [-0.2, -0.15) is 0 Å². The fourth-order valence-electron chi connectivity index (χ4n) is 1.03. The first-order valence-corrected chi connectivity index (χ1v) is 3.82. The summed E-state index contributed by atoms with van der Waals surface area (Å²) < 4.78 is 4.96. The molecule has 0 bridgehead atoms. The summed E-state index contributed by atoms with van der Waals surface area (Å²) >= 11 is 0. The Kier molecular flexibility index (Phi) is 3.00. The molecule has 0 radical (unpaired) electrons. The molecule has 0 aliphatic heterocycles. The maximum Gasteiger partial charge on any atom is 0.153 e. The van der Waals surface area contributed by atoms with Crippen LogP contribution in [0.15, 0.2) is 24.3 Å². The zero-order chi connectivity index (χ0) is 8.97. The lowest BCUT2D eigenvalue weighted by Gasteiger charge is -2.07. The van der Waals surface area contributed by atoms with Gasteiger partial charge < -0.3 is 9.53 Å². The highest BCUT2D eigenvalue weighted by Crippen LogP contribution is 2.14. The fourth-order valence-corrected chi connectivity index (χ4v) is 1.03. The van der Waals surface area contributed by atoms with Crippen molar-refractivity contribution < 1.29 is 9.53 Å². The smallest absolute Gasteiger partial charge is 0.153 e. The van der Waals surface area contributed by atoms with E-state index < -0.39 is 6.10 Å². The van der Waals surface area contributed by atoms with E-state index >= 15 is 0 Å². The molecule has 1 unspecified atom stereocenters. The molecule has 0 aliphatic carbocycles. The van der Waals surface area contributed by atoms with Gasteiger partial charge in [-0.3, -0.25) is 0 Å². The summed E-state index contributed by atoms with van der Waals surface area (Å²) in [4.78, 5) is 10.5. The normalized spacial score (nSPS) is 12.5. The summed E-state index contributed by atoms with van der Waals surface area (Å²) in [5.74, 6) is 0. The van der Waals surface area contributed by atoms with Crippen LogP contribution < -0.4 is 0 Å². The zero-order valence-electron chi connectivity index (χ0n) is 7.28. The lowest BCUT2D eigenvalue weighted by Crippen LogP contribution is -2.01. The van der Waals surface area contributed by atoms with Crippen LogP contribution >= 0.6 is 0 Å². The lowest BCUT2D eigenvalue weighted by molar-refractivity contribution is -0.116. The van der Waals surface area contributed by atoms with E-state index in [-0.39, 0.29) is 0 Å². The van der Waals surface area contributed by atoms with Gasteiger partial charge in [-0.1, -0.05) is 29.8 Å². The largest absolute Gasteiger partial charge is 0.369 e. The summed E-state index contributed by atoms with van der Waals surface area (Å²) in [5, 5.41) is 0. The molecule has 2 heteroatoms. The number of aldehydes is 1. The molecular formula is C10H12O2. The molecule has 0 saturated carbocycles. The van der Waals surface area contributed by atoms with Crippen molar-refractivity contribution in [3.05, 3.63) is 35.4 Å². The van der Waals surface area contributed by atoms with Crippen molar-refractivity contribution >= 4 is 6.29 Å². The average Bonchev–Trinajstić information content (AvgIpc) is 2.10. The molecule has 0 heterocycles. The van der Waals surface area contributed by atoms with Gasteiger partial charge in [-0.05, 0) is 12.5 Å². The first-order chi connectivity index (χ1) is 5.77. The van der Waals surface area contributed by atoms with Crippen molar-refractivity contribution in [1.82, 2.24) is 0 Å². The third-order valence-electron chi connectivity index (χ3n) is 1.78. The van der Waals surface area contributed by atoms with Crippen molar-refractivity contribution in [2.75, 3.05) is 7.11 Å². The van der Waals surface area contributed by atoms with E-state index in [1.54, 1.807) is 0 Å². The second-order valence-corrected chi connectivity index (χ2v) is 2.70. The molecule has 0 spiro atoms. The van der Waals surface area contributed by atoms with Crippen LogP contribution in [0.1, 0.15) is 17.2 Å². The highest BCUT2D eigenvalue weighted by atomic mass is 16.5. The summed E-state index contributed by atoms with van der Waals surface area (Å²) in [7, 11) is 1.53. The van der Waals surface area contributed by atoms with Crippen molar-refractivity contribution in [2.45, 2.75) is 13.0 Å². The topological polar surface area (TPSA) is 26.3 Å². The molecule has 0 amide bonds. The third-order valence-corrected chi connectivity index (χ3v) is 1.78. The predicted octanol–water partition coefficient (Wildman–Crippen LogP) is 1.88. The Morgan fingerprint density at radius 1 is 1.33 bits per heavy atom. The fraction of sp³-hybridized carbons (Fsp3) is 0.300. The van der Waals surface area contributed by atoms with Gasteiger partial charge in [0.05, 0.1) is 0 Å². The molecule has 0 aromatic heterocycles. The molecule has 0 N–H and O–H groups in total. The molecule has 1 aromatic carbocycles. The molecule has 0 fully saturated rings. The van der Waals surface area contributed by atoms with Gasteiger partial charge in [-0.25, -0.2) is 0 Å². The number of carbonyl (C=O) groups is 1. The molecule has 1 atom stereocenters. The standard InChI is InChI=1S/C10H12O2/c1-8-3-5-9(6-4-8)10(7-11)12-2/h3-7,10H,1-2H3.